The molecule has 1 aromatic heterocycles. The van der Waals surface area contributed by atoms with Crippen molar-refractivity contribution >= 4 is 29.0 Å². The first-order valence-corrected chi connectivity index (χ1v) is 8.28. The Balaban J connectivity index is 1.74. The van der Waals surface area contributed by atoms with Gasteiger partial charge in [-0.05, 0) is 36.2 Å². The normalized spacial score (nSPS) is 10.2. The summed E-state index contributed by atoms with van der Waals surface area (Å²) in [4.78, 5) is 12.8. The zero-order chi connectivity index (χ0) is 16.7. The van der Waals surface area contributed by atoms with Crippen LogP contribution in [-0.2, 0) is 13.0 Å². The van der Waals surface area contributed by atoms with Crippen LogP contribution in [0.25, 0.3) is 0 Å². The van der Waals surface area contributed by atoms with E-state index >= 15 is 0 Å². The van der Waals surface area contributed by atoms with Gasteiger partial charge in [0.1, 0.15) is 0 Å². The first kappa shape index (κ1) is 17.4. The van der Waals surface area contributed by atoms with Crippen molar-refractivity contribution in [2.45, 2.75) is 13.0 Å². The Kier molecular flexibility index (Phi) is 6.55. The van der Waals surface area contributed by atoms with Crippen LogP contribution in [0.2, 0.25) is 4.34 Å². The van der Waals surface area contributed by atoms with Crippen LogP contribution in [0.3, 0.4) is 0 Å². The lowest BCUT2D eigenvalue weighted by Gasteiger charge is -2.10. The van der Waals surface area contributed by atoms with E-state index in [-0.39, 0.29) is 6.03 Å². The van der Waals surface area contributed by atoms with Crippen molar-refractivity contribution < 1.29 is 14.3 Å². The van der Waals surface area contributed by atoms with Gasteiger partial charge in [0.05, 0.1) is 25.1 Å². The molecule has 2 amide bonds. The third-order valence-electron chi connectivity index (χ3n) is 3.20. The van der Waals surface area contributed by atoms with Crippen LogP contribution < -0.4 is 20.1 Å². The smallest absolute Gasteiger partial charge is 0.315 e. The van der Waals surface area contributed by atoms with Crippen molar-refractivity contribution in [3.05, 3.63) is 45.1 Å². The third-order valence-corrected chi connectivity index (χ3v) is 4.43. The van der Waals surface area contributed by atoms with Gasteiger partial charge in [0.2, 0.25) is 0 Å². The van der Waals surface area contributed by atoms with E-state index in [4.69, 9.17) is 21.1 Å². The average Bonchev–Trinajstić information content (AvgIpc) is 2.98. The number of amides is 2. The van der Waals surface area contributed by atoms with Crippen molar-refractivity contribution in [3.8, 4) is 11.5 Å². The number of halogens is 1. The van der Waals surface area contributed by atoms with Crippen molar-refractivity contribution in [1.82, 2.24) is 10.6 Å². The fourth-order valence-electron chi connectivity index (χ4n) is 2.03. The minimum absolute atomic E-state index is 0.199. The zero-order valence-corrected chi connectivity index (χ0v) is 14.6. The Morgan fingerprint density at radius 1 is 1.13 bits per heavy atom. The topological polar surface area (TPSA) is 59.6 Å². The maximum atomic E-state index is 11.7. The summed E-state index contributed by atoms with van der Waals surface area (Å²) in [5.41, 5.74) is 1.06. The summed E-state index contributed by atoms with van der Waals surface area (Å²) in [6, 6.07) is 9.24. The van der Waals surface area contributed by atoms with E-state index < -0.39 is 0 Å². The standard InChI is InChI=1S/C16H19ClN2O3S/c1-21-13-5-3-11(9-14(13)22-2)7-8-18-16(20)19-10-12-4-6-15(17)23-12/h3-6,9H,7-8,10H2,1-2H3,(H2,18,19,20). The fraction of sp³-hybridized carbons (Fsp3) is 0.312. The van der Waals surface area contributed by atoms with Gasteiger partial charge < -0.3 is 20.1 Å². The van der Waals surface area contributed by atoms with E-state index in [0.29, 0.717) is 31.0 Å². The number of hydrogen-bond donors (Lipinski definition) is 2. The molecular formula is C16H19ClN2O3S. The molecule has 0 aliphatic carbocycles. The molecular weight excluding hydrogens is 336 g/mol. The van der Waals surface area contributed by atoms with Gasteiger partial charge in [-0.1, -0.05) is 17.7 Å². The first-order chi connectivity index (χ1) is 11.1. The van der Waals surface area contributed by atoms with Gasteiger partial charge >= 0.3 is 6.03 Å². The molecule has 0 radical (unpaired) electrons. The van der Waals surface area contributed by atoms with E-state index in [1.165, 1.54) is 11.3 Å². The molecule has 0 bridgehead atoms. The molecule has 1 heterocycles. The Bertz CT molecular complexity index is 661. The van der Waals surface area contributed by atoms with Gasteiger partial charge in [-0.2, -0.15) is 0 Å². The Labute approximate surface area is 144 Å². The molecule has 2 N–H and O–H groups in total. The Hall–Kier alpha value is -1.92. The molecule has 23 heavy (non-hydrogen) atoms. The number of carbonyl (C=O) groups is 1. The highest BCUT2D eigenvalue weighted by Gasteiger charge is 2.06. The van der Waals surface area contributed by atoms with Gasteiger partial charge in [0.15, 0.2) is 11.5 Å². The van der Waals surface area contributed by atoms with E-state index in [1.54, 1.807) is 14.2 Å². The summed E-state index contributed by atoms with van der Waals surface area (Å²) in [6.07, 6.45) is 0.707. The summed E-state index contributed by atoms with van der Waals surface area (Å²) in [5.74, 6) is 1.38. The van der Waals surface area contributed by atoms with Crippen LogP contribution in [-0.4, -0.2) is 26.8 Å². The van der Waals surface area contributed by atoms with Crippen molar-refractivity contribution in [2.75, 3.05) is 20.8 Å². The van der Waals surface area contributed by atoms with Crippen LogP contribution in [0.4, 0.5) is 4.79 Å². The van der Waals surface area contributed by atoms with Crippen LogP contribution in [0.15, 0.2) is 30.3 Å². The summed E-state index contributed by atoms with van der Waals surface area (Å²) in [5, 5.41) is 5.62. The number of ether oxygens (including phenoxy) is 2. The molecule has 0 atom stereocenters. The van der Waals surface area contributed by atoms with Gasteiger partial charge in [-0.15, -0.1) is 11.3 Å². The van der Waals surface area contributed by atoms with E-state index in [2.05, 4.69) is 10.6 Å². The number of hydrogen-bond acceptors (Lipinski definition) is 4. The predicted molar refractivity (Wildman–Crippen MR) is 92.8 cm³/mol. The predicted octanol–water partition coefficient (Wildman–Crippen LogP) is 3.46. The third kappa shape index (κ3) is 5.33. The van der Waals surface area contributed by atoms with Crippen LogP contribution in [0.5, 0.6) is 11.5 Å². The molecule has 0 spiro atoms. The number of carbonyl (C=O) groups excluding carboxylic acids is 1. The monoisotopic (exact) mass is 354 g/mol. The molecule has 0 saturated carbocycles. The molecule has 0 aliphatic heterocycles. The maximum Gasteiger partial charge on any atom is 0.315 e. The molecule has 0 fully saturated rings. The minimum Gasteiger partial charge on any atom is -0.493 e. The molecule has 1 aromatic carbocycles. The molecule has 5 nitrogen and oxygen atoms in total. The highest BCUT2D eigenvalue weighted by atomic mass is 35.5. The molecule has 0 unspecified atom stereocenters. The second-order valence-electron chi connectivity index (χ2n) is 4.75. The summed E-state index contributed by atoms with van der Waals surface area (Å²) in [7, 11) is 3.20. The van der Waals surface area contributed by atoms with Crippen LogP contribution in [0, 0.1) is 0 Å². The minimum atomic E-state index is -0.199. The van der Waals surface area contributed by atoms with E-state index in [1.807, 2.05) is 30.3 Å². The lowest BCUT2D eigenvalue weighted by atomic mass is 10.1. The van der Waals surface area contributed by atoms with Crippen molar-refractivity contribution in [3.63, 3.8) is 0 Å². The number of benzene rings is 1. The highest BCUT2D eigenvalue weighted by Crippen LogP contribution is 2.27. The summed E-state index contributed by atoms with van der Waals surface area (Å²) < 4.78 is 11.2. The largest absolute Gasteiger partial charge is 0.493 e. The zero-order valence-electron chi connectivity index (χ0n) is 13.0. The Morgan fingerprint density at radius 3 is 2.57 bits per heavy atom. The molecule has 7 heteroatoms. The second-order valence-corrected chi connectivity index (χ2v) is 6.55. The number of rotatable bonds is 7. The first-order valence-electron chi connectivity index (χ1n) is 7.09. The highest BCUT2D eigenvalue weighted by molar-refractivity contribution is 7.16. The summed E-state index contributed by atoms with van der Waals surface area (Å²) in [6.45, 7) is 1.01. The van der Waals surface area contributed by atoms with Gasteiger partial charge in [-0.25, -0.2) is 4.79 Å². The van der Waals surface area contributed by atoms with Crippen LogP contribution >= 0.6 is 22.9 Å². The average molecular weight is 355 g/mol. The number of nitrogens with one attached hydrogen (secondary N) is 2. The fourth-order valence-corrected chi connectivity index (χ4v) is 3.06. The van der Waals surface area contributed by atoms with Gasteiger partial charge in [0.25, 0.3) is 0 Å². The number of urea groups is 1. The lowest BCUT2D eigenvalue weighted by Crippen LogP contribution is -2.36. The second kappa shape index (κ2) is 8.64. The van der Waals surface area contributed by atoms with Crippen molar-refractivity contribution in [1.29, 1.82) is 0 Å². The SMILES string of the molecule is COc1ccc(CCNC(=O)NCc2ccc(Cl)s2)cc1OC. The van der Waals surface area contributed by atoms with Gasteiger partial charge in [-0.3, -0.25) is 0 Å². The number of thiophene rings is 1. The quantitative estimate of drug-likeness (QED) is 0.800. The molecule has 2 aromatic rings. The molecule has 0 aliphatic rings. The molecule has 2 rings (SSSR count). The Morgan fingerprint density at radius 2 is 1.91 bits per heavy atom. The maximum absolute atomic E-state index is 11.7. The lowest BCUT2D eigenvalue weighted by molar-refractivity contribution is 0.240. The van der Waals surface area contributed by atoms with E-state index in [0.717, 1.165) is 14.8 Å². The molecule has 124 valence electrons. The summed E-state index contributed by atoms with van der Waals surface area (Å²) >= 11 is 7.30. The van der Waals surface area contributed by atoms with Crippen LogP contribution in [0.1, 0.15) is 10.4 Å². The molecule has 0 saturated heterocycles. The van der Waals surface area contributed by atoms with E-state index in [9.17, 15) is 4.79 Å². The number of methoxy groups -OCH3 is 2. The van der Waals surface area contributed by atoms with Gasteiger partial charge in [0, 0.05) is 11.4 Å². The van der Waals surface area contributed by atoms with Crippen molar-refractivity contribution in [2.24, 2.45) is 0 Å².